The molecule has 0 amide bonds. The molecular weight excluding hydrogens is 456 g/mol. The number of fused-ring (bicyclic) bond motifs is 2. The first-order valence-corrected chi connectivity index (χ1v) is 12.2. The fourth-order valence-electron chi connectivity index (χ4n) is 4.57. The van der Waals surface area contributed by atoms with E-state index < -0.39 is 0 Å². The van der Waals surface area contributed by atoms with Crippen molar-refractivity contribution in [2.45, 2.75) is 39.7 Å². The average Bonchev–Trinajstić information content (AvgIpc) is 3.26. The van der Waals surface area contributed by atoms with Gasteiger partial charge in [-0.3, -0.25) is 9.36 Å². The zero-order chi connectivity index (χ0) is 24.5. The van der Waals surface area contributed by atoms with E-state index in [1.165, 1.54) is 0 Å². The Labute approximate surface area is 208 Å². The first-order valence-electron chi connectivity index (χ1n) is 11.8. The summed E-state index contributed by atoms with van der Waals surface area (Å²) in [6.07, 6.45) is 4.71. The standard InChI is InChI=1S/C29H25ClN4O/c1-3-4-8-28-32-26-11-9-19(2)15-23(26)29(35)34(28)22-10-12-27-20(16-22)13-14-33(27)18-24-21(17-31)6-5-7-25(24)30/h5-7,9-16H,3-4,8,18H2,1-2H3. The van der Waals surface area contributed by atoms with Gasteiger partial charge in [0.2, 0.25) is 0 Å². The maximum atomic E-state index is 13.6. The highest BCUT2D eigenvalue weighted by molar-refractivity contribution is 6.31. The number of aryl methyl sites for hydroxylation is 2. The van der Waals surface area contributed by atoms with Crippen LogP contribution in [0.3, 0.4) is 0 Å². The van der Waals surface area contributed by atoms with E-state index in [1.807, 2.05) is 55.6 Å². The van der Waals surface area contributed by atoms with Crippen molar-refractivity contribution >= 4 is 33.4 Å². The molecule has 35 heavy (non-hydrogen) atoms. The zero-order valence-corrected chi connectivity index (χ0v) is 20.5. The number of rotatable bonds is 6. The average molecular weight is 481 g/mol. The summed E-state index contributed by atoms with van der Waals surface area (Å²) in [5, 5.41) is 11.7. The van der Waals surface area contributed by atoms with E-state index in [2.05, 4.69) is 17.6 Å². The topological polar surface area (TPSA) is 63.6 Å². The van der Waals surface area contributed by atoms with E-state index in [9.17, 15) is 10.1 Å². The lowest BCUT2D eigenvalue weighted by molar-refractivity contribution is 0.721. The second-order valence-corrected chi connectivity index (χ2v) is 9.26. The molecule has 0 fully saturated rings. The molecule has 0 unspecified atom stereocenters. The van der Waals surface area contributed by atoms with Crippen LogP contribution in [0.1, 0.15) is 42.3 Å². The summed E-state index contributed by atoms with van der Waals surface area (Å²) < 4.78 is 3.83. The molecule has 0 saturated carbocycles. The third-order valence-corrected chi connectivity index (χ3v) is 6.78. The van der Waals surface area contributed by atoms with Crippen molar-refractivity contribution in [2.24, 2.45) is 0 Å². The van der Waals surface area contributed by atoms with Crippen molar-refractivity contribution in [1.29, 1.82) is 5.26 Å². The SMILES string of the molecule is CCCCc1nc2ccc(C)cc2c(=O)n1-c1ccc2c(ccn2Cc2c(Cl)cccc2C#N)c1. The lowest BCUT2D eigenvalue weighted by atomic mass is 10.1. The summed E-state index contributed by atoms with van der Waals surface area (Å²) in [6.45, 7) is 4.61. The molecule has 0 aliphatic carbocycles. The van der Waals surface area contributed by atoms with Crippen LogP contribution in [0.25, 0.3) is 27.5 Å². The monoisotopic (exact) mass is 480 g/mol. The lowest BCUT2D eigenvalue weighted by Crippen LogP contribution is -2.24. The second-order valence-electron chi connectivity index (χ2n) is 8.86. The van der Waals surface area contributed by atoms with E-state index in [0.29, 0.717) is 22.5 Å². The molecule has 5 aromatic rings. The van der Waals surface area contributed by atoms with E-state index in [4.69, 9.17) is 16.6 Å². The van der Waals surface area contributed by atoms with Crippen molar-refractivity contribution in [3.63, 3.8) is 0 Å². The Balaban J connectivity index is 1.63. The Morgan fingerprint density at radius 1 is 1.09 bits per heavy atom. The zero-order valence-electron chi connectivity index (χ0n) is 19.8. The molecule has 0 aliphatic heterocycles. The number of aromatic nitrogens is 3. The molecular formula is C29H25ClN4O. The Kier molecular flexibility index (Phi) is 6.15. The van der Waals surface area contributed by atoms with Gasteiger partial charge in [0.1, 0.15) is 5.82 Å². The van der Waals surface area contributed by atoms with Crippen LogP contribution in [-0.2, 0) is 13.0 Å². The summed E-state index contributed by atoms with van der Waals surface area (Å²) in [6, 6.07) is 21.5. The fourth-order valence-corrected chi connectivity index (χ4v) is 4.81. The van der Waals surface area contributed by atoms with Gasteiger partial charge in [-0.15, -0.1) is 0 Å². The van der Waals surface area contributed by atoms with Crippen molar-refractivity contribution < 1.29 is 0 Å². The van der Waals surface area contributed by atoms with Gasteiger partial charge in [0.15, 0.2) is 0 Å². The molecule has 0 N–H and O–H groups in total. The van der Waals surface area contributed by atoms with E-state index in [0.717, 1.165) is 58.3 Å². The Morgan fingerprint density at radius 3 is 2.74 bits per heavy atom. The van der Waals surface area contributed by atoms with Crippen LogP contribution in [0, 0.1) is 18.3 Å². The minimum Gasteiger partial charge on any atom is -0.343 e. The van der Waals surface area contributed by atoms with Gasteiger partial charge in [-0.1, -0.05) is 42.6 Å². The molecule has 5 nitrogen and oxygen atoms in total. The van der Waals surface area contributed by atoms with Crippen LogP contribution < -0.4 is 5.56 Å². The number of hydrogen-bond donors (Lipinski definition) is 0. The van der Waals surface area contributed by atoms with Gasteiger partial charge in [-0.25, -0.2) is 4.98 Å². The smallest absolute Gasteiger partial charge is 0.265 e. The molecule has 0 aliphatic rings. The van der Waals surface area contributed by atoms with E-state index in [1.54, 1.807) is 22.8 Å². The van der Waals surface area contributed by atoms with Crippen LogP contribution in [0.2, 0.25) is 5.02 Å². The molecule has 0 spiro atoms. The summed E-state index contributed by atoms with van der Waals surface area (Å²) in [7, 11) is 0. The molecule has 174 valence electrons. The quantitative estimate of drug-likeness (QED) is 0.276. The minimum atomic E-state index is -0.0432. The van der Waals surface area contributed by atoms with Gasteiger partial charge < -0.3 is 4.57 Å². The summed E-state index contributed by atoms with van der Waals surface area (Å²) >= 11 is 6.41. The number of hydrogen-bond acceptors (Lipinski definition) is 3. The largest absolute Gasteiger partial charge is 0.343 e. The van der Waals surface area contributed by atoms with Crippen LogP contribution >= 0.6 is 11.6 Å². The maximum absolute atomic E-state index is 13.6. The Hall–Kier alpha value is -3.88. The molecule has 0 atom stereocenters. The van der Waals surface area contributed by atoms with Gasteiger partial charge in [-0.2, -0.15) is 5.26 Å². The molecule has 3 aromatic carbocycles. The molecule has 0 radical (unpaired) electrons. The lowest BCUT2D eigenvalue weighted by Gasteiger charge is -2.15. The molecule has 0 bridgehead atoms. The fraction of sp³-hybridized carbons (Fsp3) is 0.207. The normalized spacial score (nSPS) is 11.3. The predicted octanol–water partition coefficient (Wildman–Crippen LogP) is 6.56. The molecule has 2 aromatic heterocycles. The van der Waals surface area contributed by atoms with E-state index >= 15 is 0 Å². The first kappa shape index (κ1) is 22.9. The number of nitrogens with zero attached hydrogens (tertiary/aromatic N) is 4. The van der Waals surface area contributed by atoms with E-state index in [-0.39, 0.29) is 5.56 Å². The highest BCUT2D eigenvalue weighted by Crippen LogP contribution is 2.26. The van der Waals surface area contributed by atoms with Crippen LogP contribution in [0.4, 0.5) is 0 Å². The van der Waals surface area contributed by atoms with Gasteiger partial charge in [0, 0.05) is 34.1 Å². The third kappa shape index (κ3) is 4.22. The van der Waals surface area contributed by atoms with Gasteiger partial charge >= 0.3 is 0 Å². The Bertz CT molecular complexity index is 1670. The molecule has 5 rings (SSSR count). The van der Waals surface area contributed by atoms with Crippen LogP contribution in [0.5, 0.6) is 0 Å². The van der Waals surface area contributed by atoms with Crippen LogP contribution in [-0.4, -0.2) is 14.1 Å². The number of nitriles is 1. The van der Waals surface area contributed by atoms with Crippen molar-refractivity contribution in [2.75, 3.05) is 0 Å². The summed E-state index contributed by atoms with van der Waals surface area (Å²) in [5.74, 6) is 0.779. The number of benzene rings is 3. The number of unbranched alkanes of at least 4 members (excludes halogenated alkanes) is 1. The molecule has 0 saturated heterocycles. The second kappa shape index (κ2) is 9.40. The third-order valence-electron chi connectivity index (χ3n) is 6.43. The predicted molar refractivity (Wildman–Crippen MR) is 141 cm³/mol. The highest BCUT2D eigenvalue weighted by atomic mass is 35.5. The summed E-state index contributed by atoms with van der Waals surface area (Å²) in [5.41, 5.74) is 4.91. The first-order chi connectivity index (χ1) is 17.0. The number of halogens is 1. The highest BCUT2D eigenvalue weighted by Gasteiger charge is 2.15. The van der Waals surface area contributed by atoms with Crippen molar-refractivity contribution in [3.05, 3.63) is 105 Å². The van der Waals surface area contributed by atoms with Gasteiger partial charge in [-0.05, 0) is 61.9 Å². The minimum absolute atomic E-state index is 0.0432. The van der Waals surface area contributed by atoms with Crippen LogP contribution in [0.15, 0.2) is 71.7 Å². The molecule has 2 heterocycles. The Morgan fingerprint density at radius 2 is 1.94 bits per heavy atom. The molecule has 6 heteroatoms. The van der Waals surface area contributed by atoms with Crippen molar-refractivity contribution in [1.82, 2.24) is 14.1 Å². The van der Waals surface area contributed by atoms with Crippen molar-refractivity contribution in [3.8, 4) is 11.8 Å². The maximum Gasteiger partial charge on any atom is 0.265 e. The van der Waals surface area contributed by atoms with Gasteiger partial charge in [0.05, 0.1) is 34.8 Å². The summed E-state index contributed by atoms with van der Waals surface area (Å²) in [4.78, 5) is 18.5. The van der Waals surface area contributed by atoms with Gasteiger partial charge in [0.25, 0.3) is 5.56 Å².